The third-order valence-corrected chi connectivity index (χ3v) is 3.25. The number of hydrogen-bond acceptors (Lipinski definition) is 3. The first kappa shape index (κ1) is 18.4. The number of hydrogen-bond donors (Lipinski definition) is 1. The first-order chi connectivity index (χ1) is 10.0. The molecule has 1 aromatic heterocycles. The lowest BCUT2D eigenvalue weighted by Gasteiger charge is -2.33. The highest BCUT2D eigenvalue weighted by molar-refractivity contribution is 5.92. The molecule has 0 atom stereocenters. The van der Waals surface area contributed by atoms with Gasteiger partial charge in [0.15, 0.2) is 0 Å². The maximum absolute atomic E-state index is 12.4. The second-order valence-corrected chi connectivity index (χ2v) is 7.71. The minimum absolute atomic E-state index is 0.115. The van der Waals surface area contributed by atoms with Crippen molar-refractivity contribution >= 4 is 5.91 Å². The molecule has 0 aliphatic rings. The Kier molecular flexibility index (Phi) is 5.92. The van der Waals surface area contributed by atoms with Crippen molar-refractivity contribution in [1.29, 1.82) is 0 Å². The molecule has 0 aromatic carbocycles. The number of carbonyl (C=O) groups excluding carboxylic acids is 1. The van der Waals surface area contributed by atoms with Gasteiger partial charge in [0.1, 0.15) is 5.69 Å². The third kappa shape index (κ3) is 6.00. The summed E-state index contributed by atoms with van der Waals surface area (Å²) in [5.41, 5.74) is -0.0949. The second kappa shape index (κ2) is 7.07. The Balaban J connectivity index is 2.87. The van der Waals surface area contributed by atoms with Crippen molar-refractivity contribution in [2.45, 2.75) is 72.9 Å². The lowest BCUT2D eigenvalue weighted by atomic mass is 9.82. The molecule has 1 rings (SSSR count). The van der Waals surface area contributed by atoms with Gasteiger partial charge in [0.05, 0.1) is 0 Å². The van der Waals surface area contributed by atoms with Crippen molar-refractivity contribution in [3.05, 3.63) is 28.2 Å². The van der Waals surface area contributed by atoms with Crippen LogP contribution in [0.3, 0.4) is 0 Å². The van der Waals surface area contributed by atoms with E-state index in [1.54, 1.807) is 0 Å². The molecule has 0 saturated carbocycles. The van der Waals surface area contributed by atoms with Crippen LogP contribution in [0.15, 0.2) is 16.9 Å². The molecule has 1 amide bonds. The van der Waals surface area contributed by atoms with Crippen LogP contribution < -0.4 is 10.9 Å². The second-order valence-electron chi connectivity index (χ2n) is 7.71. The maximum atomic E-state index is 12.4. The van der Waals surface area contributed by atoms with Crippen LogP contribution >= 0.6 is 0 Å². The number of amides is 1. The third-order valence-electron chi connectivity index (χ3n) is 3.25. The fourth-order valence-corrected chi connectivity index (χ4v) is 2.78. The zero-order valence-corrected chi connectivity index (χ0v) is 14.7. The average Bonchev–Trinajstić information content (AvgIpc) is 2.34. The molecule has 1 heterocycles. The predicted molar refractivity (Wildman–Crippen MR) is 89.0 cm³/mol. The number of aromatic nitrogens is 2. The number of carbonyl (C=O) groups is 1. The smallest absolute Gasteiger partial charge is 0.272 e. The molecule has 0 fully saturated rings. The monoisotopic (exact) mass is 307 g/mol. The maximum Gasteiger partial charge on any atom is 0.272 e. The topological polar surface area (TPSA) is 64.0 Å². The Labute approximate surface area is 133 Å². The fourth-order valence-electron chi connectivity index (χ4n) is 2.78. The normalized spacial score (nSPS) is 12.3. The molecule has 124 valence electrons. The van der Waals surface area contributed by atoms with Gasteiger partial charge in [-0.3, -0.25) is 9.59 Å². The highest BCUT2D eigenvalue weighted by Crippen LogP contribution is 2.26. The minimum Gasteiger partial charge on any atom is -0.346 e. The van der Waals surface area contributed by atoms with Crippen LogP contribution in [0.5, 0.6) is 0 Å². The number of aryl methyl sites for hydroxylation is 1. The van der Waals surface area contributed by atoms with Crippen LogP contribution in [0.1, 0.15) is 71.3 Å². The zero-order chi connectivity index (χ0) is 17.0. The summed E-state index contributed by atoms with van der Waals surface area (Å²) in [5.74, 6) is -0.237. The first-order valence-corrected chi connectivity index (χ1v) is 7.95. The van der Waals surface area contributed by atoms with Crippen molar-refractivity contribution in [2.75, 3.05) is 0 Å². The van der Waals surface area contributed by atoms with E-state index in [1.807, 2.05) is 13.8 Å². The van der Waals surface area contributed by atoms with E-state index < -0.39 is 0 Å². The van der Waals surface area contributed by atoms with Crippen LogP contribution in [0.4, 0.5) is 0 Å². The van der Waals surface area contributed by atoms with E-state index in [9.17, 15) is 9.59 Å². The number of nitrogens with zero attached hydrogens (tertiary/aromatic N) is 2. The summed E-state index contributed by atoms with van der Waals surface area (Å²) in [6, 6.07) is 2.90. The van der Waals surface area contributed by atoms with E-state index in [1.165, 1.54) is 16.8 Å². The molecule has 22 heavy (non-hydrogen) atoms. The predicted octanol–water partition coefficient (Wildman–Crippen LogP) is 2.99. The standard InChI is InChI=1S/C17H29N3O2/c1-7-8-11-20-14(21)10-9-13(19-20)15(22)18-17(5,6)12-16(2,3)4/h9-10H,7-8,11-12H2,1-6H3,(H,18,22). The van der Waals surface area contributed by atoms with E-state index in [0.717, 1.165) is 19.3 Å². The molecule has 0 radical (unpaired) electrons. The molecule has 1 N–H and O–H groups in total. The van der Waals surface area contributed by atoms with E-state index in [2.05, 4.69) is 38.1 Å². The van der Waals surface area contributed by atoms with E-state index in [4.69, 9.17) is 0 Å². The van der Waals surface area contributed by atoms with Gasteiger partial charge in [-0.15, -0.1) is 0 Å². The molecule has 0 bridgehead atoms. The zero-order valence-electron chi connectivity index (χ0n) is 14.7. The summed E-state index contributed by atoms with van der Waals surface area (Å²) in [7, 11) is 0. The highest BCUT2D eigenvalue weighted by Gasteiger charge is 2.27. The number of unbranched alkanes of at least 4 members (excludes halogenated alkanes) is 1. The molecular weight excluding hydrogens is 278 g/mol. The van der Waals surface area contributed by atoms with Crippen molar-refractivity contribution in [3.8, 4) is 0 Å². The van der Waals surface area contributed by atoms with Gasteiger partial charge in [-0.05, 0) is 38.2 Å². The Morgan fingerprint density at radius 2 is 1.86 bits per heavy atom. The van der Waals surface area contributed by atoms with Crippen molar-refractivity contribution < 1.29 is 4.79 Å². The molecule has 0 saturated heterocycles. The van der Waals surface area contributed by atoms with Crippen molar-refractivity contribution in [3.63, 3.8) is 0 Å². The molecule has 0 aliphatic heterocycles. The highest BCUT2D eigenvalue weighted by atomic mass is 16.2. The molecular formula is C17H29N3O2. The van der Waals surface area contributed by atoms with Gasteiger partial charge in [-0.25, -0.2) is 4.68 Å². The van der Waals surface area contributed by atoms with Gasteiger partial charge in [0.2, 0.25) is 0 Å². The molecule has 0 spiro atoms. The lowest BCUT2D eigenvalue weighted by Crippen LogP contribution is -2.46. The number of nitrogens with one attached hydrogen (secondary N) is 1. The number of rotatable bonds is 6. The van der Waals surface area contributed by atoms with Gasteiger partial charge >= 0.3 is 0 Å². The molecule has 1 aromatic rings. The van der Waals surface area contributed by atoms with Gasteiger partial charge in [-0.1, -0.05) is 34.1 Å². The molecule has 0 aliphatic carbocycles. The van der Waals surface area contributed by atoms with Crippen molar-refractivity contribution in [1.82, 2.24) is 15.1 Å². The van der Waals surface area contributed by atoms with E-state index in [-0.39, 0.29) is 28.1 Å². The quantitative estimate of drug-likeness (QED) is 0.878. The Bertz CT molecular complexity index is 568. The van der Waals surface area contributed by atoms with Gasteiger partial charge < -0.3 is 5.32 Å². The Hall–Kier alpha value is -1.65. The van der Waals surface area contributed by atoms with E-state index >= 15 is 0 Å². The molecule has 0 unspecified atom stereocenters. The Morgan fingerprint density at radius 3 is 2.41 bits per heavy atom. The van der Waals surface area contributed by atoms with Crippen LogP contribution in [0.2, 0.25) is 0 Å². The summed E-state index contributed by atoms with van der Waals surface area (Å²) in [6.07, 6.45) is 2.69. The summed E-state index contributed by atoms with van der Waals surface area (Å²) in [5, 5.41) is 7.20. The first-order valence-electron chi connectivity index (χ1n) is 7.95. The Morgan fingerprint density at radius 1 is 1.23 bits per heavy atom. The summed E-state index contributed by atoms with van der Waals surface area (Å²) < 4.78 is 1.37. The summed E-state index contributed by atoms with van der Waals surface area (Å²) >= 11 is 0. The van der Waals surface area contributed by atoms with Crippen LogP contribution in [0.25, 0.3) is 0 Å². The van der Waals surface area contributed by atoms with Crippen LogP contribution in [0, 0.1) is 5.41 Å². The van der Waals surface area contributed by atoms with E-state index in [0.29, 0.717) is 6.54 Å². The lowest BCUT2D eigenvalue weighted by molar-refractivity contribution is 0.0883. The summed E-state index contributed by atoms with van der Waals surface area (Å²) in [4.78, 5) is 24.1. The van der Waals surface area contributed by atoms with Gasteiger partial charge in [0.25, 0.3) is 11.5 Å². The van der Waals surface area contributed by atoms with Crippen LogP contribution in [-0.2, 0) is 6.54 Å². The van der Waals surface area contributed by atoms with Gasteiger partial charge in [0, 0.05) is 18.2 Å². The average molecular weight is 307 g/mol. The fraction of sp³-hybridized carbons (Fsp3) is 0.706. The van der Waals surface area contributed by atoms with Crippen LogP contribution in [-0.4, -0.2) is 21.2 Å². The summed E-state index contributed by atoms with van der Waals surface area (Å²) in [6.45, 7) is 13.0. The SMILES string of the molecule is CCCCn1nc(C(=O)NC(C)(C)CC(C)(C)C)ccc1=O. The minimum atomic E-state index is -0.332. The molecule has 5 nitrogen and oxygen atoms in total. The van der Waals surface area contributed by atoms with Gasteiger partial charge in [-0.2, -0.15) is 5.10 Å². The molecule has 5 heteroatoms. The van der Waals surface area contributed by atoms with Crippen molar-refractivity contribution in [2.24, 2.45) is 5.41 Å². The largest absolute Gasteiger partial charge is 0.346 e.